The van der Waals surface area contributed by atoms with Crippen molar-refractivity contribution in [1.82, 2.24) is 9.80 Å². The number of anilines is 1. The van der Waals surface area contributed by atoms with Gasteiger partial charge in [-0.3, -0.25) is 9.59 Å². The van der Waals surface area contributed by atoms with Crippen molar-refractivity contribution in [1.29, 1.82) is 0 Å². The van der Waals surface area contributed by atoms with Gasteiger partial charge in [-0.1, -0.05) is 12.1 Å². The van der Waals surface area contributed by atoms with Gasteiger partial charge in [0.25, 0.3) is 0 Å². The van der Waals surface area contributed by atoms with Crippen LogP contribution >= 0.6 is 0 Å². The lowest BCUT2D eigenvalue weighted by molar-refractivity contribution is -0.154. The molecule has 1 aromatic rings. The quantitative estimate of drug-likeness (QED) is 0.774. The van der Waals surface area contributed by atoms with Crippen molar-refractivity contribution in [2.45, 2.75) is 47.1 Å². The van der Waals surface area contributed by atoms with Gasteiger partial charge >= 0.3 is 11.8 Å². The molecular formula is C20H31N3O2. The zero-order valence-electron chi connectivity index (χ0n) is 16.4. The van der Waals surface area contributed by atoms with Crippen molar-refractivity contribution in [3.8, 4) is 0 Å². The summed E-state index contributed by atoms with van der Waals surface area (Å²) < 4.78 is 0. The van der Waals surface area contributed by atoms with Crippen LogP contribution in [-0.2, 0) is 9.59 Å². The number of aryl methyl sites for hydroxylation is 1. The van der Waals surface area contributed by atoms with Gasteiger partial charge in [-0.25, -0.2) is 0 Å². The maximum atomic E-state index is 12.6. The summed E-state index contributed by atoms with van der Waals surface area (Å²) in [4.78, 5) is 30.9. The first-order valence-electron chi connectivity index (χ1n) is 9.08. The summed E-state index contributed by atoms with van der Waals surface area (Å²) in [7, 11) is 0. The van der Waals surface area contributed by atoms with Gasteiger partial charge in [0.2, 0.25) is 0 Å². The van der Waals surface area contributed by atoms with Crippen molar-refractivity contribution in [2.75, 3.05) is 37.6 Å². The molecule has 0 N–H and O–H groups in total. The van der Waals surface area contributed by atoms with Crippen LogP contribution in [0.4, 0.5) is 5.69 Å². The SMILES string of the molecule is CCN(C(=O)C(=O)N1CCN(c2cccc(C)c2C)CC1)C(C)(C)C. The molecule has 0 atom stereocenters. The Hall–Kier alpha value is -2.04. The highest BCUT2D eigenvalue weighted by Crippen LogP contribution is 2.24. The topological polar surface area (TPSA) is 43.9 Å². The fourth-order valence-corrected chi connectivity index (χ4v) is 3.40. The zero-order chi connectivity index (χ0) is 18.8. The molecule has 1 saturated heterocycles. The monoisotopic (exact) mass is 345 g/mol. The molecule has 1 aliphatic heterocycles. The molecule has 1 fully saturated rings. The van der Waals surface area contributed by atoms with Crippen molar-refractivity contribution in [3.63, 3.8) is 0 Å². The molecule has 0 aliphatic carbocycles. The molecule has 138 valence electrons. The van der Waals surface area contributed by atoms with Crippen LogP contribution in [0.5, 0.6) is 0 Å². The molecule has 0 spiro atoms. The molecule has 1 heterocycles. The lowest BCUT2D eigenvalue weighted by Crippen LogP contribution is -2.56. The van der Waals surface area contributed by atoms with Crippen LogP contribution in [0.2, 0.25) is 0 Å². The van der Waals surface area contributed by atoms with E-state index in [1.807, 2.05) is 27.7 Å². The fraction of sp³-hybridized carbons (Fsp3) is 0.600. The molecule has 1 aromatic carbocycles. The predicted molar refractivity (Wildman–Crippen MR) is 102 cm³/mol. The van der Waals surface area contributed by atoms with Gasteiger partial charge in [0.1, 0.15) is 0 Å². The number of hydrogen-bond donors (Lipinski definition) is 0. The maximum Gasteiger partial charge on any atom is 0.312 e. The highest BCUT2D eigenvalue weighted by Gasteiger charge is 2.33. The number of likely N-dealkylation sites (N-methyl/N-ethyl adjacent to an activating group) is 1. The number of nitrogens with zero attached hydrogens (tertiary/aromatic N) is 3. The maximum absolute atomic E-state index is 12.6. The number of carbonyl (C=O) groups is 2. The first-order valence-corrected chi connectivity index (χ1v) is 9.08. The lowest BCUT2D eigenvalue weighted by atomic mass is 10.1. The Bertz CT molecular complexity index is 641. The summed E-state index contributed by atoms with van der Waals surface area (Å²) >= 11 is 0. The van der Waals surface area contributed by atoms with Crippen LogP contribution in [0.25, 0.3) is 0 Å². The van der Waals surface area contributed by atoms with E-state index in [9.17, 15) is 9.59 Å². The summed E-state index contributed by atoms with van der Waals surface area (Å²) in [5.74, 6) is -0.771. The number of hydrogen-bond acceptors (Lipinski definition) is 3. The van der Waals surface area contributed by atoms with Crippen molar-refractivity contribution >= 4 is 17.5 Å². The number of carbonyl (C=O) groups excluding carboxylic acids is 2. The Labute approximate surface area is 151 Å². The third-order valence-electron chi connectivity index (χ3n) is 5.04. The van der Waals surface area contributed by atoms with E-state index < -0.39 is 5.91 Å². The van der Waals surface area contributed by atoms with Crippen molar-refractivity contribution in [2.24, 2.45) is 0 Å². The molecule has 0 unspecified atom stereocenters. The van der Waals surface area contributed by atoms with E-state index in [0.717, 1.165) is 13.1 Å². The Morgan fingerprint density at radius 1 is 1.08 bits per heavy atom. The largest absolute Gasteiger partial charge is 0.368 e. The van der Waals surface area contributed by atoms with E-state index in [1.54, 1.807) is 9.80 Å². The van der Waals surface area contributed by atoms with E-state index in [1.165, 1.54) is 16.8 Å². The van der Waals surface area contributed by atoms with Crippen LogP contribution in [0, 0.1) is 13.8 Å². The Morgan fingerprint density at radius 2 is 1.68 bits per heavy atom. The first kappa shape index (κ1) is 19.3. The average molecular weight is 345 g/mol. The van der Waals surface area contributed by atoms with Gasteiger partial charge in [-0.05, 0) is 58.7 Å². The highest BCUT2D eigenvalue weighted by atomic mass is 16.2. The molecule has 25 heavy (non-hydrogen) atoms. The van der Waals surface area contributed by atoms with Crippen molar-refractivity contribution < 1.29 is 9.59 Å². The number of amides is 2. The third-order valence-corrected chi connectivity index (χ3v) is 5.04. The van der Waals surface area contributed by atoms with Crippen LogP contribution < -0.4 is 4.90 Å². The average Bonchev–Trinajstić information content (AvgIpc) is 2.56. The summed E-state index contributed by atoms with van der Waals surface area (Å²) in [6.07, 6.45) is 0. The van der Waals surface area contributed by atoms with E-state index in [-0.39, 0.29) is 11.4 Å². The molecule has 2 amide bonds. The zero-order valence-corrected chi connectivity index (χ0v) is 16.4. The smallest absolute Gasteiger partial charge is 0.312 e. The Balaban J connectivity index is 2.03. The standard InChI is InChI=1S/C20H31N3O2/c1-7-23(20(4,5)6)19(25)18(24)22-13-11-21(12-14-22)17-10-8-9-15(2)16(17)3/h8-10H,7,11-14H2,1-6H3. The molecule has 0 bridgehead atoms. The summed E-state index contributed by atoms with van der Waals surface area (Å²) in [6, 6.07) is 6.31. The number of rotatable bonds is 2. The minimum atomic E-state index is -0.393. The second kappa shape index (κ2) is 7.46. The van der Waals surface area contributed by atoms with E-state index in [2.05, 4.69) is 36.9 Å². The van der Waals surface area contributed by atoms with E-state index >= 15 is 0 Å². The van der Waals surface area contributed by atoms with Gasteiger partial charge in [-0.15, -0.1) is 0 Å². The summed E-state index contributed by atoms with van der Waals surface area (Å²) in [6.45, 7) is 15.2. The van der Waals surface area contributed by atoms with Crippen LogP contribution in [-0.4, -0.2) is 59.9 Å². The van der Waals surface area contributed by atoms with Gasteiger partial charge in [0, 0.05) is 44.0 Å². The molecule has 0 radical (unpaired) electrons. The van der Waals surface area contributed by atoms with Gasteiger partial charge in [0.05, 0.1) is 0 Å². The Morgan fingerprint density at radius 3 is 2.20 bits per heavy atom. The predicted octanol–water partition coefficient (Wildman–Crippen LogP) is 2.60. The molecule has 0 saturated carbocycles. The molecule has 1 aliphatic rings. The molecule has 5 heteroatoms. The lowest BCUT2D eigenvalue weighted by Gasteiger charge is -2.39. The highest BCUT2D eigenvalue weighted by molar-refractivity contribution is 6.35. The van der Waals surface area contributed by atoms with E-state index in [0.29, 0.717) is 19.6 Å². The first-order chi connectivity index (χ1) is 11.7. The number of benzene rings is 1. The van der Waals surface area contributed by atoms with Gasteiger partial charge in [0.15, 0.2) is 0 Å². The van der Waals surface area contributed by atoms with E-state index in [4.69, 9.17) is 0 Å². The normalized spacial score (nSPS) is 15.3. The van der Waals surface area contributed by atoms with Crippen LogP contribution in [0.1, 0.15) is 38.8 Å². The molecule has 0 aromatic heterocycles. The van der Waals surface area contributed by atoms with Gasteiger partial charge < -0.3 is 14.7 Å². The second-order valence-corrected chi connectivity index (χ2v) is 7.72. The molecule has 2 rings (SSSR count). The second-order valence-electron chi connectivity index (χ2n) is 7.72. The van der Waals surface area contributed by atoms with Crippen molar-refractivity contribution in [3.05, 3.63) is 29.3 Å². The van der Waals surface area contributed by atoms with Crippen LogP contribution in [0.15, 0.2) is 18.2 Å². The molecular weight excluding hydrogens is 314 g/mol. The van der Waals surface area contributed by atoms with Gasteiger partial charge in [-0.2, -0.15) is 0 Å². The number of piperazine rings is 1. The minimum Gasteiger partial charge on any atom is -0.368 e. The minimum absolute atomic E-state index is 0.345. The summed E-state index contributed by atoms with van der Waals surface area (Å²) in [5, 5.41) is 0. The molecule has 5 nitrogen and oxygen atoms in total. The summed E-state index contributed by atoms with van der Waals surface area (Å²) in [5.41, 5.74) is 3.43. The third kappa shape index (κ3) is 4.14. The Kier molecular flexibility index (Phi) is 5.76. The van der Waals surface area contributed by atoms with Crippen LogP contribution in [0.3, 0.4) is 0 Å². The fourth-order valence-electron chi connectivity index (χ4n) is 3.40.